The molecule has 0 radical (unpaired) electrons. The number of rotatable bonds is 5. The molecule has 2 aliphatic rings. The molecule has 3 heterocycles. The molecule has 0 unspecified atom stereocenters. The fraction of sp³-hybridized carbons (Fsp3) is 0.429. The third-order valence-electron chi connectivity index (χ3n) is 5.57. The highest BCUT2D eigenvalue weighted by Crippen LogP contribution is 2.29. The molecule has 0 bridgehead atoms. The number of benzene rings is 1. The third-order valence-corrected chi connectivity index (χ3v) is 8.13. The molecule has 1 aromatic heterocycles. The van der Waals surface area contributed by atoms with Crippen LogP contribution in [0.4, 0.5) is 5.13 Å². The Morgan fingerprint density at radius 1 is 1.20 bits per heavy atom. The fourth-order valence-corrected chi connectivity index (χ4v) is 6.08. The number of carbonyl (C=O) groups is 1. The molecule has 1 amide bonds. The molecule has 1 N–H and O–H groups in total. The standard InChI is InChI=1S/C21H26N4O3S2/c1-24-11-9-18-19(15-24)29-21(22-18)23-20(26)17-7-12-25(13-8-17)30(27,28)14-10-16-5-3-2-4-6-16/h2-6,10,14,17H,7-9,11-13,15H2,1H3,(H,22,23,26)/b14-10+. The zero-order valence-corrected chi connectivity index (χ0v) is 18.6. The number of aromatic nitrogens is 1. The van der Waals surface area contributed by atoms with Crippen LogP contribution in [-0.4, -0.2) is 55.2 Å². The van der Waals surface area contributed by atoms with E-state index >= 15 is 0 Å². The van der Waals surface area contributed by atoms with Gasteiger partial charge in [-0.25, -0.2) is 13.4 Å². The summed E-state index contributed by atoms with van der Waals surface area (Å²) in [6, 6.07) is 9.34. The second kappa shape index (κ2) is 8.97. The first kappa shape index (κ1) is 21.2. The number of likely N-dealkylation sites (N-methyl/N-ethyl adjacent to an activating group) is 1. The normalized spacial score (nSPS) is 19.1. The molecule has 1 saturated heterocycles. The Morgan fingerprint density at radius 2 is 1.93 bits per heavy atom. The van der Waals surface area contributed by atoms with Crippen molar-refractivity contribution in [3.63, 3.8) is 0 Å². The predicted octanol–water partition coefficient (Wildman–Crippen LogP) is 2.78. The maximum atomic E-state index is 12.7. The van der Waals surface area contributed by atoms with Crippen LogP contribution >= 0.6 is 11.3 Å². The van der Waals surface area contributed by atoms with Crippen molar-refractivity contribution < 1.29 is 13.2 Å². The maximum absolute atomic E-state index is 12.7. The van der Waals surface area contributed by atoms with E-state index in [1.54, 1.807) is 17.4 Å². The van der Waals surface area contributed by atoms with E-state index in [2.05, 4.69) is 22.2 Å². The number of thiazole rings is 1. The average Bonchev–Trinajstić information content (AvgIpc) is 3.14. The number of amides is 1. The monoisotopic (exact) mass is 446 g/mol. The van der Waals surface area contributed by atoms with Crippen molar-refractivity contribution in [2.45, 2.75) is 25.8 Å². The highest BCUT2D eigenvalue weighted by molar-refractivity contribution is 7.92. The van der Waals surface area contributed by atoms with E-state index in [9.17, 15) is 13.2 Å². The fourth-order valence-electron chi connectivity index (χ4n) is 3.77. The van der Waals surface area contributed by atoms with Crippen LogP contribution in [0.3, 0.4) is 0 Å². The molecule has 4 rings (SSSR count). The van der Waals surface area contributed by atoms with Crippen molar-refractivity contribution in [1.82, 2.24) is 14.2 Å². The largest absolute Gasteiger partial charge is 0.302 e. The van der Waals surface area contributed by atoms with E-state index in [1.165, 1.54) is 14.6 Å². The molecule has 0 atom stereocenters. The summed E-state index contributed by atoms with van der Waals surface area (Å²) in [6.45, 7) is 2.54. The predicted molar refractivity (Wildman–Crippen MR) is 119 cm³/mol. The Morgan fingerprint density at radius 3 is 2.67 bits per heavy atom. The zero-order chi connectivity index (χ0) is 21.1. The Balaban J connectivity index is 1.32. The Labute approximate surface area is 181 Å². The van der Waals surface area contributed by atoms with Crippen LogP contribution in [0.5, 0.6) is 0 Å². The number of anilines is 1. The van der Waals surface area contributed by atoms with E-state index in [0.29, 0.717) is 31.1 Å². The maximum Gasteiger partial charge on any atom is 0.236 e. The van der Waals surface area contributed by atoms with E-state index < -0.39 is 10.0 Å². The van der Waals surface area contributed by atoms with E-state index in [-0.39, 0.29) is 11.8 Å². The van der Waals surface area contributed by atoms with Crippen molar-refractivity contribution in [1.29, 1.82) is 0 Å². The van der Waals surface area contributed by atoms with Crippen molar-refractivity contribution >= 4 is 38.5 Å². The summed E-state index contributed by atoms with van der Waals surface area (Å²) < 4.78 is 26.6. The summed E-state index contributed by atoms with van der Waals surface area (Å²) in [6.07, 6.45) is 3.54. The van der Waals surface area contributed by atoms with Crippen LogP contribution in [0.25, 0.3) is 6.08 Å². The minimum atomic E-state index is -3.49. The minimum Gasteiger partial charge on any atom is -0.302 e. The lowest BCUT2D eigenvalue weighted by atomic mass is 9.97. The topological polar surface area (TPSA) is 82.6 Å². The van der Waals surface area contributed by atoms with Crippen LogP contribution in [-0.2, 0) is 27.8 Å². The number of nitrogens with one attached hydrogen (secondary N) is 1. The molecule has 1 fully saturated rings. The highest BCUT2D eigenvalue weighted by atomic mass is 32.2. The highest BCUT2D eigenvalue weighted by Gasteiger charge is 2.30. The molecule has 2 aromatic rings. The van der Waals surface area contributed by atoms with Crippen molar-refractivity contribution in [3.8, 4) is 0 Å². The van der Waals surface area contributed by atoms with Gasteiger partial charge in [-0.2, -0.15) is 4.31 Å². The van der Waals surface area contributed by atoms with Gasteiger partial charge in [0.25, 0.3) is 0 Å². The summed E-state index contributed by atoms with van der Waals surface area (Å²) in [5.74, 6) is -0.260. The molecule has 30 heavy (non-hydrogen) atoms. The van der Waals surface area contributed by atoms with Gasteiger partial charge in [0.1, 0.15) is 0 Å². The Bertz CT molecular complexity index is 1030. The number of hydrogen-bond acceptors (Lipinski definition) is 6. The molecular formula is C21H26N4O3S2. The van der Waals surface area contributed by atoms with Gasteiger partial charge in [-0.05, 0) is 31.5 Å². The smallest absolute Gasteiger partial charge is 0.236 e. The number of hydrogen-bond donors (Lipinski definition) is 1. The number of piperidine rings is 1. The van der Waals surface area contributed by atoms with Crippen LogP contribution in [0, 0.1) is 5.92 Å². The molecule has 0 saturated carbocycles. The first-order valence-electron chi connectivity index (χ1n) is 10.1. The lowest BCUT2D eigenvalue weighted by Gasteiger charge is -2.29. The van der Waals surface area contributed by atoms with Gasteiger partial charge in [0, 0.05) is 48.8 Å². The molecule has 9 heteroatoms. The molecule has 2 aliphatic heterocycles. The molecule has 160 valence electrons. The molecule has 1 aromatic carbocycles. The summed E-state index contributed by atoms with van der Waals surface area (Å²) in [7, 11) is -1.41. The molecular weight excluding hydrogens is 420 g/mol. The summed E-state index contributed by atoms with van der Waals surface area (Å²) in [4.78, 5) is 20.7. The van der Waals surface area contributed by atoms with Crippen LogP contribution in [0.15, 0.2) is 35.7 Å². The first-order chi connectivity index (χ1) is 14.4. The van der Waals surface area contributed by atoms with Gasteiger partial charge in [0.05, 0.1) is 5.69 Å². The van der Waals surface area contributed by atoms with Crippen LogP contribution in [0.2, 0.25) is 0 Å². The average molecular weight is 447 g/mol. The molecule has 0 spiro atoms. The van der Waals surface area contributed by atoms with Crippen molar-refractivity contribution in [2.75, 3.05) is 32.0 Å². The number of nitrogens with zero attached hydrogens (tertiary/aromatic N) is 3. The van der Waals surface area contributed by atoms with Gasteiger partial charge >= 0.3 is 0 Å². The quantitative estimate of drug-likeness (QED) is 0.764. The summed E-state index contributed by atoms with van der Waals surface area (Å²) in [5, 5.41) is 4.86. The summed E-state index contributed by atoms with van der Waals surface area (Å²) >= 11 is 1.54. The van der Waals surface area contributed by atoms with Gasteiger partial charge < -0.3 is 10.2 Å². The second-order valence-electron chi connectivity index (χ2n) is 7.80. The van der Waals surface area contributed by atoms with Crippen LogP contribution in [0.1, 0.15) is 29.0 Å². The van der Waals surface area contributed by atoms with E-state index in [4.69, 9.17) is 0 Å². The number of fused-ring (bicyclic) bond motifs is 1. The number of carbonyl (C=O) groups excluding carboxylic acids is 1. The first-order valence-corrected chi connectivity index (χ1v) is 12.4. The Hall–Kier alpha value is -2.07. The van der Waals surface area contributed by atoms with Gasteiger partial charge in [0.15, 0.2) is 5.13 Å². The van der Waals surface area contributed by atoms with Gasteiger partial charge in [0.2, 0.25) is 15.9 Å². The second-order valence-corrected chi connectivity index (χ2v) is 10.7. The van der Waals surface area contributed by atoms with Gasteiger partial charge in [-0.15, -0.1) is 11.3 Å². The van der Waals surface area contributed by atoms with E-state index in [1.807, 2.05) is 30.3 Å². The molecule has 0 aliphatic carbocycles. The van der Waals surface area contributed by atoms with Crippen LogP contribution < -0.4 is 5.32 Å². The third kappa shape index (κ3) is 4.97. The lowest BCUT2D eigenvalue weighted by Crippen LogP contribution is -2.40. The minimum absolute atomic E-state index is 0.0636. The molecule has 7 nitrogen and oxygen atoms in total. The SMILES string of the molecule is CN1CCc2nc(NC(=O)C3CCN(S(=O)(=O)/C=C/c4ccccc4)CC3)sc2C1. The van der Waals surface area contributed by atoms with Crippen molar-refractivity contribution in [2.24, 2.45) is 5.92 Å². The lowest BCUT2D eigenvalue weighted by molar-refractivity contribution is -0.120. The van der Waals surface area contributed by atoms with Gasteiger partial charge in [-0.1, -0.05) is 30.3 Å². The van der Waals surface area contributed by atoms with E-state index in [0.717, 1.165) is 30.8 Å². The Kier molecular flexibility index (Phi) is 6.33. The van der Waals surface area contributed by atoms with Crippen molar-refractivity contribution in [3.05, 3.63) is 51.9 Å². The summed E-state index contributed by atoms with van der Waals surface area (Å²) in [5.41, 5.74) is 1.92. The zero-order valence-electron chi connectivity index (χ0n) is 17.0. The van der Waals surface area contributed by atoms with Gasteiger partial charge in [-0.3, -0.25) is 4.79 Å². The number of sulfonamides is 1.